The molecule has 0 spiro atoms. The van der Waals surface area contributed by atoms with Gasteiger partial charge < -0.3 is 0 Å². The van der Waals surface area contributed by atoms with E-state index in [1.54, 1.807) is 24.5 Å². The van der Waals surface area contributed by atoms with Crippen molar-refractivity contribution in [3.8, 4) is 0 Å². The van der Waals surface area contributed by atoms with Crippen LogP contribution in [0.5, 0.6) is 0 Å². The van der Waals surface area contributed by atoms with Crippen LogP contribution in [-0.4, -0.2) is 26.4 Å². The number of pyridine rings is 1. The third-order valence-corrected chi connectivity index (χ3v) is 4.75. The molecule has 2 rings (SSSR count). The van der Waals surface area contributed by atoms with Gasteiger partial charge in [-0.1, -0.05) is 19.8 Å². The largest absolute Gasteiger partial charge is 0.279 e. The lowest BCUT2D eigenvalue weighted by molar-refractivity contribution is 0.0942. The quantitative estimate of drug-likeness (QED) is 0.724. The Bertz CT molecular complexity index is 622. The minimum Gasteiger partial charge on any atom is -0.267 e. The summed E-state index contributed by atoms with van der Waals surface area (Å²) in [5.41, 5.74) is 3.63. The Morgan fingerprint density at radius 3 is 2.82 bits per heavy atom. The van der Waals surface area contributed by atoms with Crippen LogP contribution in [0.4, 0.5) is 0 Å². The maximum atomic E-state index is 12.5. The molecule has 0 saturated heterocycles. The number of nitrogens with zero attached hydrogens (tertiary/aromatic N) is 3. The third-order valence-electron chi connectivity index (χ3n) is 3.68. The van der Waals surface area contributed by atoms with Crippen molar-refractivity contribution in [2.75, 3.05) is 5.75 Å². The number of hydrogen-bond acceptors (Lipinski definition) is 4. The van der Waals surface area contributed by atoms with Crippen molar-refractivity contribution in [2.24, 2.45) is 0 Å². The zero-order chi connectivity index (χ0) is 15.9. The predicted octanol–water partition coefficient (Wildman–Crippen LogP) is 4.01. The Kier molecular flexibility index (Phi) is 6.19. The van der Waals surface area contributed by atoms with Gasteiger partial charge in [0.1, 0.15) is 0 Å². The van der Waals surface area contributed by atoms with E-state index in [0.29, 0.717) is 5.56 Å². The van der Waals surface area contributed by atoms with Crippen LogP contribution in [0.25, 0.3) is 0 Å². The molecular formula is C17H23N3OS. The minimum absolute atomic E-state index is 0.115. The van der Waals surface area contributed by atoms with E-state index in [2.05, 4.69) is 17.0 Å². The first-order valence-corrected chi connectivity index (χ1v) is 8.88. The van der Waals surface area contributed by atoms with E-state index in [1.807, 2.05) is 25.6 Å². The molecule has 2 heterocycles. The zero-order valence-electron chi connectivity index (χ0n) is 13.5. The molecule has 0 aliphatic carbocycles. The molecule has 0 saturated carbocycles. The van der Waals surface area contributed by atoms with E-state index in [-0.39, 0.29) is 5.91 Å². The first-order valence-electron chi connectivity index (χ1n) is 7.72. The lowest BCUT2D eigenvalue weighted by Crippen LogP contribution is -2.15. The molecule has 0 bridgehead atoms. The van der Waals surface area contributed by atoms with Crippen molar-refractivity contribution >= 4 is 17.7 Å². The first-order chi connectivity index (χ1) is 10.6. The summed E-state index contributed by atoms with van der Waals surface area (Å²) in [4.78, 5) is 16.5. The standard InChI is InChI=1S/C17H23N3OS/c1-4-5-6-10-22-12-16-13(2)19-20(14(16)3)17(21)15-8-7-9-18-11-15/h7-9,11H,4-6,10,12H2,1-3H3. The van der Waals surface area contributed by atoms with Crippen LogP contribution in [0.2, 0.25) is 0 Å². The topological polar surface area (TPSA) is 47.8 Å². The van der Waals surface area contributed by atoms with Gasteiger partial charge in [-0.2, -0.15) is 16.9 Å². The van der Waals surface area contributed by atoms with Gasteiger partial charge in [-0.05, 0) is 38.2 Å². The predicted molar refractivity (Wildman–Crippen MR) is 91.4 cm³/mol. The number of rotatable bonds is 7. The second kappa shape index (κ2) is 8.13. The number of aromatic nitrogens is 3. The SMILES string of the molecule is CCCCCSCc1c(C)nn(C(=O)c2cccnc2)c1C. The summed E-state index contributed by atoms with van der Waals surface area (Å²) in [5.74, 6) is 1.96. The van der Waals surface area contributed by atoms with Crippen molar-refractivity contribution in [1.82, 2.24) is 14.8 Å². The van der Waals surface area contributed by atoms with Crippen LogP contribution >= 0.6 is 11.8 Å². The molecule has 0 atom stereocenters. The highest BCUT2D eigenvalue weighted by atomic mass is 32.2. The Balaban J connectivity index is 2.08. The summed E-state index contributed by atoms with van der Waals surface area (Å²) in [5, 5.41) is 4.43. The van der Waals surface area contributed by atoms with Gasteiger partial charge in [0.05, 0.1) is 11.3 Å². The summed E-state index contributed by atoms with van der Waals surface area (Å²) >= 11 is 1.92. The van der Waals surface area contributed by atoms with Gasteiger partial charge in [0, 0.05) is 29.4 Å². The molecule has 0 aromatic carbocycles. The monoisotopic (exact) mass is 317 g/mol. The van der Waals surface area contributed by atoms with Crippen LogP contribution < -0.4 is 0 Å². The minimum atomic E-state index is -0.115. The molecule has 0 N–H and O–H groups in total. The Morgan fingerprint density at radius 2 is 2.14 bits per heavy atom. The lowest BCUT2D eigenvalue weighted by Gasteiger charge is -2.04. The van der Waals surface area contributed by atoms with Crippen molar-refractivity contribution in [3.05, 3.63) is 47.0 Å². The molecular weight excluding hydrogens is 294 g/mol. The van der Waals surface area contributed by atoms with Gasteiger partial charge in [0.15, 0.2) is 0 Å². The third kappa shape index (κ3) is 3.97. The normalized spacial score (nSPS) is 10.9. The molecule has 5 heteroatoms. The molecule has 4 nitrogen and oxygen atoms in total. The molecule has 0 aliphatic rings. The summed E-state index contributed by atoms with van der Waals surface area (Å²) in [6.07, 6.45) is 7.02. The van der Waals surface area contributed by atoms with Gasteiger partial charge in [-0.25, -0.2) is 4.68 Å². The highest BCUT2D eigenvalue weighted by Gasteiger charge is 2.17. The molecule has 0 radical (unpaired) electrons. The summed E-state index contributed by atoms with van der Waals surface area (Å²) in [6.45, 7) is 6.16. The molecule has 0 aliphatic heterocycles. The Morgan fingerprint density at radius 1 is 1.32 bits per heavy atom. The Labute approximate surface area is 136 Å². The lowest BCUT2D eigenvalue weighted by atomic mass is 10.2. The number of unbranched alkanes of at least 4 members (excludes halogenated alkanes) is 2. The zero-order valence-corrected chi connectivity index (χ0v) is 14.3. The molecule has 2 aromatic heterocycles. The van der Waals surface area contributed by atoms with Crippen molar-refractivity contribution in [2.45, 2.75) is 45.8 Å². The van der Waals surface area contributed by atoms with E-state index < -0.39 is 0 Å². The molecule has 0 fully saturated rings. The van der Waals surface area contributed by atoms with Crippen LogP contribution in [0.15, 0.2) is 24.5 Å². The van der Waals surface area contributed by atoms with Crippen molar-refractivity contribution in [1.29, 1.82) is 0 Å². The van der Waals surface area contributed by atoms with Gasteiger partial charge in [0.2, 0.25) is 0 Å². The second-order valence-electron chi connectivity index (χ2n) is 5.37. The second-order valence-corrected chi connectivity index (χ2v) is 6.47. The van der Waals surface area contributed by atoms with Crippen LogP contribution in [0, 0.1) is 13.8 Å². The average Bonchev–Trinajstić information content (AvgIpc) is 2.82. The van der Waals surface area contributed by atoms with E-state index in [4.69, 9.17) is 0 Å². The first kappa shape index (κ1) is 16.7. The van der Waals surface area contributed by atoms with Crippen LogP contribution in [-0.2, 0) is 5.75 Å². The number of carbonyl (C=O) groups is 1. The van der Waals surface area contributed by atoms with Crippen LogP contribution in [0.1, 0.15) is 53.5 Å². The van der Waals surface area contributed by atoms with Crippen LogP contribution in [0.3, 0.4) is 0 Å². The average molecular weight is 317 g/mol. The highest BCUT2D eigenvalue weighted by molar-refractivity contribution is 7.98. The fourth-order valence-corrected chi connectivity index (χ4v) is 3.50. The van der Waals surface area contributed by atoms with E-state index in [0.717, 1.165) is 22.9 Å². The van der Waals surface area contributed by atoms with Gasteiger partial charge in [0.25, 0.3) is 5.91 Å². The van der Waals surface area contributed by atoms with Gasteiger partial charge in [-0.3, -0.25) is 9.78 Å². The maximum Gasteiger partial charge on any atom is 0.279 e. The summed E-state index contributed by atoms with van der Waals surface area (Å²) < 4.78 is 1.51. The highest BCUT2D eigenvalue weighted by Crippen LogP contribution is 2.21. The molecule has 2 aromatic rings. The number of hydrogen-bond donors (Lipinski definition) is 0. The van der Waals surface area contributed by atoms with E-state index in [1.165, 1.54) is 29.5 Å². The Hall–Kier alpha value is -1.62. The smallest absolute Gasteiger partial charge is 0.267 e. The maximum absolute atomic E-state index is 12.5. The molecule has 118 valence electrons. The van der Waals surface area contributed by atoms with E-state index in [9.17, 15) is 4.79 Å². The summed E-state index contributed by atoms with van der Waals surface area (Å²) in [7, 11) is 0. The molecule has 0 amide bonds. The van der Waals surface area contributed by atoms with Gasteiger partial charge >= 0.3 is 0 Å². The van der Waals surface area contributed by atoms with Crippen molar-refractivity contribution in [3.63, 3.8) is 0 Å². The van der Waals surface area contributed by atoms with Gasteiger partial charge in [-0.15, -0.1) is 0 Å². The number of carbonyl (C=O) groups excluding carboxylic acids is 1. The van der Waals surface area contributed by atoms with Crippen molar-refractivity contribution < 1.29 is 4.79 Å². The number of thioether (sulfide) groups is 1. The fraction of sp³-hybridized carbons (Fsp3) is 0.471. The molecule has 0 unspecified atom stereocenters. The van der Waals surface area contributed by atoms with E-state index >= 15 is 0 Å². The summed E-state index contributed by atoms with van der Waals surface area (Å²) in [6, 6.07) is 3.54. The fourth-order valence-electron chi connectivity index (χ4n) is 2.32. The number of aryl methyl sites for hydroxylation is 1. The molecule has 22 heavy (non-hydrogen) atoms.